The fraction of sp³-hybridized carbons (Fsp3) is 0.133. The van der Waals surface area contributed by atoms with Gasteiger partial charge in [-0.25, -0.2) is 0 Å². The summed E-state index contributed by atoms with van der Waals surface area (Å²) in [5.74, 6) is 0.963. The fourth-order valence-electron chi connectivity index (χ4n) is 1.83. The standard InChI is InChI=1S/C15H9ClF3N3OS/c16-10-3-1-9(2-4-10)14-21-13(23-22-14)8-24-11-5-6-20-12(7-11)15(17,18)19/h1-7H,8H2. The number of hydrogen-bond acceptors (Lipinski definition) is 5. The first-order valence-electron chi connectivity index (χ1n) is 6.66. The number of hydrogen-bond donors (Lipinski definition) is 0. The lowest BCUT2D eigenvalue weighted by atomic mass is 10.2. The molecule has 0 aliphatic heterocycles. The number of aromatic nitrogens is 3. The van der Waals surface area contributed by atoms with E-state index >= 15 is 0 Å². The first kappa shape index (κ1) is 16.8. The SMILES string of the molecule is FC(F)(F)c1cc(SCc2nc(-c3ccc(Cl)cc3)no2)ccn1. The first-order chi connectivity index (χ1) is 11.4. The molecule has 0 spiro atoms. The number of rotatable bonds is 4. The third-order valence-corrected chi connectivity index (χ3v) is 4.19. The van der Waals surface area contributed by atoms with Crippen LogP contribution in [0.25, 0.3) is 11.4 Å². The number of nitrogens with zero attached hydrogens (tertiary/aromatic N) is 3. The molecule has 0 fully saturated rings. The van der Waals surface area contributed by atoms with E-state index in [1.807, 2.05) is 0 Å². The Morgan fingerprint density at radius 2 is 1.88 bits per heavy atom. The fourth-order valence-corrected chi connectivity index (χ4v) is 2.72. The molecule has 0 N–H and O–H groups in total. The Bertz CT molecular complexity index is 836. The average Bonchev–Trinajstić information content (AvgIpc) is 3.02. The number of halogens is 4. The van der Waals surface area contributed by atoms with Gasteiger partial charge in [0.2, 0.25) is 11.7 Å². The molecule has 2 aromatic heterocycles. The van der Waals surface area contributed by atoms with Crippen molar-refractivity contribution in [1.29, 1.82) is 0 Å². The van der Waals surface area contributed by atoms with Gasteiger partial charge in [0.05, 0.1) is 5.75 Å². The summed E-state index contributed by atoms with van der Waals surface area (Å²) < 4.78 is 43.0. The van der Waals surface area contributed by atoms with Crippen LogP contribution in [-0.4, -0.2) is 15.1 Å². The van der Waals surface area contributed by atoms with Gasteiger partial charge >= 0.3 is 6.18 Å². The van der Waals surface area contributed by atoms with Crippen LogP contribution in [0.15, 0.2) is 52.0 Å². The predicted octanol–water partition coefficient (Wildman–Crippen LogP) is 5.10. The molecule has 0 bridgehead atoms. The van der Waals surface area contributed by atoms with Gasteiger partial charge < -0.3 is 4.52 Å². The van der Waals surface area contributed by atoms with Gasteiger partial charge in [-0.15, -0.1) is 11.8 Å². The van der Waals surface area contributed by atoms with Gasteiger partial charge in [-0.3, -0.25) is 4.98 Å². The van der Waals surface area contributed by atoms with Crippen molar-refractivity contribution < 1.29 is 17.7 Å². The van der Waals surface area contributed by atoms with Gasteiger partial charge in [0.25, 0.3) is 0 Å². The van der Waals surface area contributed by atoms with Crippen LogP contribution in [0.1, 0.15) is 11.6 Å². The van der Waals surface area contributed by atoms with E-state index in [1.54, 1.807) is 24.3 Å². The van der Waals surface area contributed by atoms with Gasteiger partial charge in [0, 0.05) is 21.7 Å². The summed E-state index contributed by atoms with van der Waals surface area (Å²) in [7, 11) is 0. The van der Waals surface area contributed by atoms with Crippen LogP contribution in [0.2, 0.25) is 5.02 Å². The molecule has 0 amide bonds. The lowest BCUT2D eigenvalue weighted by Gasteiger charge is -2.06. The van der Waals surface area contributed by atoms with Crippen molar-refractivity contribution in [3.63, 3.8) is 0 Å². The summed E-state index contributed by atoms with van der Waals surface area (Å²) in [4.78, 5) is 7.95. The molecule has 0 aliphatic rings. The highest BCUT2D eigenvalue weighted by Crippen LogP contribution is 2.31. The molecule has 24 heavy (non-hydrogen) atoms. The molecule has 4 nitrogen and oxygen atoms in total. The van der Waals surface area contributed by atoms with Gasteiger partial charge in [-0.1, -0.05) is 16.8 Å². The monoisotopic (exact) mass is 371 g/mol. The third kappa shape index (κ3) is 4.07. The minimum atomic E-state index is -4.47. The van der Waals surface area contributed by atoms with Crippen LogP contribution in [0, 0.1) is 0 Å². The van der Waals surface area contributed by atoms with Gasteiger partial charge in [-0.05, 0) is 36.4 Å². The maximum Gasteiger partial charge on any atom is 0.433 e. The zero-order valence-electron chi connectivity index (χ0n) is 11.9. The summed E-state index contributed by atoms with van der Waals surface area (Å²) in [5, 5.41) is 4.44. The molecule has 0 aliphatic carbocycles. The molecule has 9 heteroatoms. The van der Waals surface area contributed by atoms with E-state index in [1.165, 1.54) is 6.07 Å². The maximum atomic E-state index is 12.6. The molecular weight excluding hydrogens is 363 g/mol. The summed E-state index contributed by atoms with van der Waals surface area (Å²) in [5.41, 5.74) is -0.192. The van der Waals surface area contributed by atoms with Crippen LogP contribution >= 0.6 is 23.4 Å². The predicted molar refractivity (Wildman–Crippen MR) is 83.5 cm³/mol. The number of pyridine rings is 1. The zero-order valence-corrected chi connectivity index (χ0v) is 13.5. The van der Waals surface area contributed by atoms with Crippen molar-refractivity contribution in [1.82, 2.24) is 15.1 Å². The van der Waals surface area contributed by atoms with E-state index in [0.29, 0.717) is 21.6 Å². The van der Waals surface area contributed by atoms with Crippen molar-refractivity contribution in [2.45, 2.75) is 16.8 Å². The minimum absolute atomic E-state index is 0.252. The van der Waals surface area contributed by atoms with E-state index in [2.05, 4.69) is 15.1 Å². The largest absolute Gasteiger partial charge is 0.433 e. The molecule has 3 rings (SSSR count). The molecule has 0 unspecified atom stereocenters. The van der Waals surface area contributed by atoms with E-state index in [0.717, 1.165) is 29.6 Å². The van der Waals surface area contributed by atoms with Crippen LogP contribution in [0.4, 0.5) is 13.2 Å². The van der Waals surface area contributed by atoms with Crippen molar-refractivity contribution >= 4 is 23.4 Å². The highest BCUT2D eigenvalue weighted by Gasteiger charge is 2.32. The van der Waals surface area contributed by atoms with Crippen LogP contribution in [0.3, 0.4) is 0 Å². The van der Waals surface area contributed by atoms with Crippen molar-refractivity contribution in [2.75, 3.05) is 0 Å². The second-order valence-corrected chi connectivity index (χ2v) is 6.17. The Morgan fingerprint density at radius 3 is 2.58 bits per heavy atom. The second kappa shape index (κ2) is 6.82. The highest BCUT2D eigenvalue weighted by molar-refractivity contribution is 7.98. The van der Waals surface area contributed by atoms with Gasteiger partial charge in [-0.2, -0.15) is 18.2 Å². The van der Waals surface area contributed by atoms with Crippen LogP contribution < -0.4 is 0 Å². The lowest BCUT2D eigenvalue weighted by molar-refractivity contribution is -0.141. The van der Waals surface area contributed by atoms with E-state index < -0.39 is 11.9 Å². The smallest absolute Gasteiger partial charge is 0.338 e. The Kier molecular flexibility index (Phi) is 4.77. The second-order valence-electron chi connectivity index (χ2n) is 4.68. The van der Waals surface area contributed by atoms with E-state index in [9.17, 15) is 13.2 Å². The Balaban J connectivity index is 1.69. The molecule has 0 saturated heterocycles. The topological polar surface area (TPSA) is 51.8 Å². The molecule has 1 aromatic carbocycles. The molecule has 0 radical (unpaired) electrons. The molecule has 2 heterocycles. The summed E-state index contributed by atoms with van der Waals surface area (Å²) in [6.07, 6.45) is -3.35. The molecule has 3 aromatic rings. The zero-order chi connectivity index (χ0) is 17.2. The maximum absolute atomic E-state index is 12.6. The molecule has 0 atom stereocenters. The lowest BCUT2D eigenvalue weighted by Crippen LogP contribution is -2.07. The van der Waals surface area contributed by atoms with Crippen molar-refractivity contribution in [2.24, 2.45) is 0 Å². The third-order valence-electron chi connectivity index (χ3n) is 2.95. The molecular formula is C15H9ClF3N3OS. The first-order valence-corrected chi connectivity index (χ1v) is 8.03. The Hall–Kier alpha value is -2.06. The number of alkyl halides is 3. The Labute approximate surface area is 144 Å². The van der Waals surface area contributed by atoms with E-state index in [-0.39, 0.29) is 5.75 Å². The van der Waals surface area contributed by atoms with Crippen molar-refractivity contribution in [3.8, 4) is 11.4 Å². The highest BCUT2D eigenvalue weighted by atomic mass is 35.5. The molecule has 0 saturated carbocycles. The normalized spacial score (nSPS) is 11.7. The summed E-state index contributed by atoms with van der Waals surface area (Å²) >= 11 is 6.97. The Morgan fingerprint density at radius 1 is 1.12 bits per heavy atom. The number of thioether (sulfide) groups is 1. The van der Waals surface area contributed by atoms with Gasteiger partial charge in [0.1, 0.15) is 5.69 Å². The van der Waals surface area contributed by atoms with Crippen molar-refractivity contribution in [3.05, 3.63) is 59.2 Å². The van der Waals surface area contributed by atoms with Gasteiger partial charge in [0.15, 0.2) is 0 Å². The summed E-state index contributed by atoms with van der Waals surface area (Å²) in [6.45, 7) is 0. The average molecular weight is 372 g/mol. The quantitative estimate of drug-likeness (QED) is 0.597. The molecule has 124 valence electrons. The summed E-state index contributed by atoms with van der Waals surface area (Å²) in [6, 6.07) is 9.40. The van der Waals surface area contributed by atoms with E-state index in [4.69, 9.17) is 16.1 Å². The van der Waals surface area contributed by atoms with Crippen LogP contribution in [-0.2, 0) is 11.9 Å². The minimum Gasteiger partial charge on any atom is -0.338 e. The van der Waals surface area contributed by atoms with Crippen LogP contribution in [0.5, 0.6) is 0 Å². The number of benzene rings is 1.